The number of hydrogen-bond donors (Lipinski definition) is 1. The van der Waals surface area contributed by atoms with Gasteiger partial charge in [0.25, 0.3) is 0 Å². The average Bonchev–Trinajstić information content (AvgIpc) is 3.10. The summed E-state index contributed by atoms with van der Waals surface area (Å²) in [5, 5.41) is 7.35. The Hall–Kier alpha value is -2.04. The van der Waals surface area contributed by atoms with E-state index in [0.29, 0.717) is 11.7 Å². The predicted octanol–water partition coefficient (Wildman–Crippen LogP) is 2.28. The van der Waals surface area contributed by atoms with Gasteiger partial charge in [0.1, 0.15) is 0 Å². The van der Waals surface area contributed by atoms with Crippen molar-refractivity contribution in [3.8, 4) is 5.69 Å². The van der Waals surface area contributed by atoms with Crippen molar-refractivity contribution in [2.24, 2.45) is 0 Å². The molecule has 1 aliphatic rings. The lowest BCUT2D eigenvalue weighted by atomic mass is 10.3. The van der Waals surface area contributed by atoms with E-state index in [1.54, 1.807) is 12.3 Å². The van der Waals surface area contributed by atoms with Gasteiger partial charge in [-0.3, -0.25) is 4.57 Å². The lowest BCUT2D eigenvalue weighted by molar-refractivity contribution is 0.583. The van der Waals surface area contributed by atoms with Crippen LogP contribution in [0.5, 0.6) is 0 Å². The van der Waals surface area contributed by atoms with E-state index in [1.807, 2.05) is 4.57 Å². The van der Waals surface area contributed by atoms with Crippen LogP contribution in [-0.4, -0.2) is 20.7 Å². The number of nitrogens with one attached hydrogen (secondary N) is 1. The van der Waals surface area contributed by atoms with Gasteiger partial charge in [0, 0.05) is 17.8 Å². The zero-order chi connectivity index (χ0) is 11.8. The predicted molar refractivity (Wildman–Crippen MR) is 61.2 cm³/mol. The van der Waals surface area contributed by atoms with Crippen molar-refractivity contribution in [1.29, 1.82) is 5.41 Å². The molecule has 1 aliphatic carbocycles. The van der Waals surface area contributed by atoms with Crippen molar-refractivity contribution in [3.63, 3.8) is 0 Å². The molecule has 1 N–H and O–H groups in total. The fraction of sp³-hybridized carbons (Fsp3) is 0.250. The number of pyridine rings is 1. The molecule has 1 saturated carbocycles. The van der Waals surface area contributed by atoms with Crippen LogP contribution in [0.25, 0.3) is 5.69 Å². The minimum Gasteiger partial charge on any atom is -0.305 e. The van der Waals surface area contributed by atoms with Crippen molar-refractivity contribution in [2.45, 2.75) is 18.8 Å². The van der Waals surface area contributed by atoms with Gasteiger partial charge in [0.05, 0.1) is 18.1 Å². The summed E-state index contributed by atoms with van der Waals surface area (Å²) in [4.78, 5) is 7.83. The summed E-state index contributed by atoms with van der Waals surface area (Å²) >= 11 is 0. The lowest BCUT2D eigenvalue weighted by Gasteiger charge is -2.08. The third kappa shape index (κ3) is 1.73. The summed E-state index contributed by atoms with van der Waals surface area (Å²) in [5.41, 5.74) is 1.83. The highest BCUT2D eigenvalue weighted by atomic mass is 19.1. The summed E-state index contributed by atoms with van der Waals surface area (Å²) in [6.45, 7) is 0. The van der Waals surface area contributed by atoms with Crippen molar-refractivity contribution in [3.05, 3.63) is 42.0 Å². The van der Waals surface area contributed by atoms with Crippen LogP contribution in [-0.2, 0) is 0 Å². The standard InChI is InChI=1S/C12H11FN4/c13-11-4-3-9(6-15-11)17-10(8-1-2-8)7-16-12(17)5-14/h3-8,14H,1-2H2. The number of imidazole rings is 1. The molecule has 0 unspecified atom stereocenters. The fourth-order valence-corrected chi connectivity index (χ4v) is 1.93. The van der Waals surface area contributed by atoms with Crippen molar-refractivity contribution >= 4 is 6.21 Å². The molecule has 17 heavy (non-hydrogen) atoms. The number of nitrogens with zero attached hydrogens (tertiary/aromatic N) is 3. The van der Waals surface area contributed by atoms with Crippen LogP contribution in [0.15, 0.2) is 24.5 Å². The minimum atomic E-state index is -0.502. The second kappa shape index (κ2) is 3.76. The Bertz CT molecular complexity index is 554. The van der Waals surface area contributed by atoms with Crippen LogP contribution < -0.4 is 0 Å². The molecule has 0 saturated heterocycles. The van der Waals surface area contributed by atoms with Gasteiger partial charge in [-0.05, 0) is 25.0 Å². The second-order valence-electron chi connectivity index (χ2n) is 4.13. The molecule has 1 fully saturated rings. The number of aromatic nitrogens is 3. The molecule has 2 heterocycles. The van der Waals surface area contributed by atoms with E-state index in [-0.39, 0.29) is 0 Å². The highest BCUT2D eigenvalue weighted by molar-refractivity contribution is 5.73. The topological polar surface area (TPSA) is 54.6 Å². The Labute approximate surface area is 97.7 Å². The molecule has 5 heteroatoms. The molecule has 3 rings (SSSR count). The van der Waals surface area contributed by atoms with Gasteiger partial charge in [-0.1, -0.05) is 0 Å². The third-order valence-corrected chi connectivity index (χ3v) is 2.91. The maximum Gasteiger partial charge on any atom is 0.212 e. The highest BCUT2D eigenvalue weighted by Crippen LogP contribution is 2.41. The van der Waals surface area contributed by atoms with Crippen LogP contribution in [0.3, 0.4) is 0 Å². The SMILES string of the molecule is N=Cc1ncc(C2CC2)n1-c1ccc(F)nc1. The van der Waals surface area contributed by atoms with Gasteiger partial charge in [0.2, 0.25) is 5.95 Å². The van der Waals surface area contributed by atoms with Crippen molar-refractivity contribution in [2.75, 3.05) is 0 Å². The number of hydrogen-bond acceptors (Lipinski definition) is 3. The number of halogens is 1. The van der Waals surface area contributed by atoms with E-state index >= 15 is 0 Å². The zero-order valence-corrected chi connectivity index (χ0v) is 9.10. The molecule has 0 aliphatic heterocycles. The summed E-state index contributed by atoms with van der Waals surface area (Å²) in [7, 11) is 0. The monoisotopic (exact) mass is 230 g/mol. The largest absolute Gasteiger partial charge is 0.305 e. The molecular weight excluding hydrogens is 219 g/mol. The van der Waals surface area contributed by atoms with E-state index in [1.165, 1.54) is 18.5 Å². The first-order valence-corrected chi connectivity index (χ1v) is 5.49. The summed E-state index contributed by atoms with van der Waals surface area (Å²) in [6.07, 6.45) is 6.77. The summed E-state index contributed by atoms with van der Waals surface area (Å²) in [5.74, 6) is 0.569. The lowest BCUT2D eigenvalue weighted by Crippen LogP contribution is -2.04. The molecule has 4 nitrogen and oxygen atoms in total. The van der Waals surface area contributed by atoms with Crippen LogP contribution >= 0.6 is 0 Å². The zero-order valence-electron chi connectivity index (χ0n) is 9.10. The molecule has 2 aromatic heterocycles. The molecule has 0 spiro atoms. The maximum absolute atomic E-state index is 12.8. The van der Waals surface area contributed by atoms with E-state index in [4.69, 9.17) is 5.41 Å². The van der Waals surface area contributed by atoms with E-state index in [0.717, 1.165) is 24.2 Å². The molecule has 2 aromatic rings. The molecule has 0 aromatic carbocycles. The van der Waals surface area contributed by atoms with Crippen molar-refractivity contribution in [1.82, 2.24) is 14.5 Å². The molecule has 0 atom stereocenters. The van der Waals surface area contributed by atoms with Gasteiger partial charge < -0.3 is 5.41 Å². The van der Waals surface area contributed by atoms with E-state index in [2.05, 4.69) is 9.97 Å². The summed E-state index contributed by atoms with van der Waals surface area (Å²) < 4.78 is 14.7. The Kier molecular flexibility index (Phi) is 2.24. The van der Waals surface area contributed by atoms with Gasteiger partial charge in [-0.2, -0.15) is 4.39 Å². The first-order valence-electron chi connectivity index (χ1n) is 5.49. The average molecular weight is 230 g/mol. The van der Waals surface area contributed by atoms with Gasteiger partial charge in [-0.25, -0.2) is 9.97 Å². The molecule has 0 radical (unpaired) electrons. The second-order valence-corrected chi connectivity index (χ2v) is 4.13. The Morgan fingerprint density at radius 2 is 2.12 bits per heavy atom. The minimum absolute atomic E-state index is 0.502. The highest BCUT2D eigenvalue weighted by Gasteiger charge is 2.28. The van der Waals surface area contributed by atoms with Crippen LogP contribution in [0, 0.1) is 11.4 Å². The number of rotatable bonds is 3. The Balaban J connectivity index is 2.13. The molecule has 86 valence electrons. The van der Waals surface area contributed by atoms with Gasteiger partial charge in [-0.15, -0.1) is 0 Å². The van der Waals surface area contributed by atoms with Crippen LogP contribution in [0.2, 0.25) is 0 Å². The van der Waals surface area contributed by atoms with Crippen LogP contribution in [0.4, 0.5) is 4.39 Å². The van der Waals surface area contributed by atoms with Crippen LogP contribution in [0.1, 0.15) is 30.3 Å². The molecule has 0 amide bonds. The first-order chi connectivity index (χ1) is 8.29. The first kappa shape index (κ1) is 10.1. The van der Waals surface area contributed by atoms with E-state index in [9.17, 15) is 4.39 Å². The smallest absolute Gasteiger partial charge is 0.212 e. The van der Waals surface area contributed by atoms with Gasteiger partial charge >= 0.3 is 0 Å². The Morgan fingerprint density at radius 3 is 2.71 bits per heavy atom. The fourth-order valence-electron chi connectivity index (χ4n) is 1.93. The normalized spacial score (nSPS) is 14.9. The summed E-state index contributed by atoms with van der Waals surface area (Å²) in [6, 6.07) is 2.97. The quantitative estimate of drug-likeness (QED) is 0.649. The van der Waals surface area contributed by atoms with Crippen molar-refractivity contribution < 1.29 is 4.39 Å². The van der Waals surface area contributed by atoms with Gasteiger partial charge in [0.15, 0.2) is 5.82 Å². The third-order valence-electron chi connectivity index (χ3n) is 2.91. The maximum atomic E-state index is 12.8. The Morgan fingerprint density at radius 1 is 1.29 bits per heavy atom. The molecular formula is C12H11FN4. The molecule has 0 bridgehead atoms. The van der Waals surface area contributed by atoms with E-state index < -0.39 is 5.95 Å².